The number of piperazine rings is 1. The molecule has 142 valence electrons. The van der Waals surface area contributed by atoms with Crippen LogP contribution in [0.2, 0.25) is 5.02 Å². The van der Waals surface area contributed by atoms with Crippen LogP contribution >= 0.6 is 11.6 Å². The van der Waals surface area contributed by atoms with Crippen LogP contribution in [0.5, 0.6) is 0 Å². The normalized spacial score (nSPS) is 17.1. The van der Waals surface area contributed by atoms with Crippen molar-refractivity contribution in [2.75, 3.05) is 40.3 Å². The van der Waals surface area contributed by atoms with Gasteiger partial charge in [0.25, 0.3) is 10.0 Å². The van der Waals surface area contributed by atoms with Gasteiger partial charge in [0, 0.05) is 51.8 Å². The second-order valence-corrected chi connectivity index (χ2v) is 9.21. The topological polar surface area (TPSA) is 57.0 Å². The summed E-state index contributed by atoms with van der Waals surface area (Å²) in [4.78, 5) is 4.69. The molecule has 0 saturated carbocycles. The average molecular weight is 398 g/mol. The highest BCUT2D eigenvalue weighted by molar-refractivity contribution is 7.88. The van der Waals surface area contributed by atoms with Crippen molar-refractivity contribution in [2.45, 2.75) is 18.2 Å². The molecule has 2 aromatic rings. The molecule has 0 unspecified atom stereocenters. The zero-order valence-corrected chi connectivity index (χ0v) is 16.6. The van der Waals surface area contributed by atoms with Gasteiger partial charge in [0.15, 0.2) is 0 Å². The smallest absolute Gasteiger partial charge is 0.275 e. The zero-order valence-electron chi connectivity index (χ0n) is 15.1. The van der Waals surface area contributed by atoms with E-state index >= 15 is 0 Å². The summed E-state index contributed by atoms with van der Waals surface area (Å²) in [6.07, 6.45) is 0. The van der Waals surface area contributed by atoms with Gasteiger partial charge in [-0.3, -0.25) is 9.80 Å². The van der Waals surface area contributed by atoms with Crippen LogP contribution in [0.4, 0.5) is 0 Å². The molecule has 0 radical (unpaired) electrons. The highest BCUT2D eigenvalue weighted by Gasteiger charge is 2.23. The number of benzene rings is 1. The molecule has 0 bridgehead atoms. The van der Waals surface area contributed by atoms with E-state index in [4.69, 9.17) is 16.0 Å². The maximum absolute atomic E-state index is 12.1. The van der Waals surface area contributed by atoms with Gasteiger partial charge < -0.3 is 4.42 Å². The highest BCUT2D eigenvalue weighted by atomic mass is 35.5. The van der Waals surface area contributed by atoms with Gasteiger partial charge in [-0.05, 0) is 29.8 Å². The minimum Gasteiger partial charge on any atom is -0.447 e. The second-order valence-electron chi connectivity index (χ2n) is 6.69. The van der Waals surface area contributed by atoms with Gasteiger partial charge >= 0.3 is 0 Å². The highest BCUT2D eigenvalue weighted by Crippen LogP contribution is 2.19. The lowest BCUT2D eigenvalue weighted by atomic mass is 10.2. The molecule has 3 rings (SSSR count). The van der Waals surface area contributed by atoms with Crippen molar-refractivity contribution in [1.82, 2.24) is 14.1 Å². The molecule has 1 aromatic heterocycles. The van der Waals surface area contributed by atoms with E-state index in [0.29, 0.717) is 12.3 Å². The van der Waals surface area contributed by atoms with Crippen LogP contribution in [0.15, 0.2) is 45.9 Å². The lowest BCUT2D eigenvalue weighted by Crippen LogP contribution is -2.45. The van der Waals surface area contributed by atoms with Crippen molar-refractivity contribution >= 4 is 21.6 Å². The Kier molecular flexibility index (Phi) is 6.04. The Bertz CT molecular complexity index is 826. The second kappa shape index (κ2) is 8.10. The zero-order chi connectivity index (χ0) is 18.7. The van der Waals surface area contributed by atoms with E-state index < -0.39 is 10.0 Å². The van der Waals surface area contributed by atoms with E-state index in [0.717, 1.165) is 42.1 Å². The monoisotopic (exact) mass is 397 g/mol. The molecule has 6 nitrogen and oxygen atoms in total. The molecule has 0 N–H and O–H groups in total. The number of sulfonamides is 1. The van der Waals surface area contributed by atoms with Gasteiger partial charge in [-0.25, -0.2) is 12.7 Å². The number of nitrogens with zero attached hydrogens (tertiary/aromatic N) is 3. The maximum atomic E-state index is 12.1. The predicted molar refractivity (Wildman–Crippen MR) is 102 cm³/mol. The largest absolute Gasteiger partial charge is 0.447 e. The number of hydrogen-bond donors (Lipinski definition) is 0. The van der Waals surface area contributed by atoms with Gasteiger partial charge in [-0.1, -0.05) is 23.7 Å². The number of furan rings is 1. The van der Waals surface area contributed by atoms with Crippen molar-refractivity contribution in [3.8, 4) is 0 Å². The van der Waals surface area contributed by atoms with Gasteiger partial charge in [0.05, 0.1) is 6.54 Å². The molecule has 8 heteroatoms. The molecule has 1 aliphatic rings. The molecule has 1 aromatic carbocycles. The first-order valence-electron chi connectivity index (χ1n) is 8.55. The van der Waals surface area contributed by atoms with Gasteiger partial charge in [0.2, 0.25) is 5.09 Å². The molecular formula is C18H24ClN3O3S. The summed E-state index contributed by atoms with van der Waals surface area (Å²) < 4.78 is 30.9. The van der Waals surface area contributed by atoms with Crippen molar-refractivity contribution in [2.24, 2.45) is 0 Å². The molecule has 1 saturated heterocycles. The fourth-order valence-corrected chi connectivity index (χ4v) is 3.87. The van der Waals surface area contributed by atoms with E-state index in [-0.39, 0.29) is 5.09 Å². The summed E-state index contributed by atoms with van der Waals surface area (Å²) >= 11 is 5.93. The number of hydrogen-bond acceptors (Lipinski definition) is 5. The summed E-state index contributed by atoms with van der Waals surface area (Å²) in [6, 6.07) is 11.2. The summed E-state index contributed by atoms with van der Waals surface area (Å²) in [5.41, 5.74) is 1.26. The third-order valence-corrected chi connectivity index (χ3v) is 6.48. The van der Waals surface area contributed by atoms with E-state index in [1.807, 2.05) is 12.1 Å². The standard InChI is InChI=1S/C18H24ClN3O3S/c1-20(2)26(23,24)18-8-7-17(25-18)14-22-11-9-21(10-12-22)13-15-3-5-16(19)6-4-15/h3-8H,9-14H2,1-2H3. The van der Waals surface area contributed by atoms with E-state index in [1.165, 1.54) is 25.7 Å². The molecule has 2 heterocycles. The minimum absolute atomic E-state index is 0.00104. The van der Waals surface area contributed by atoms with Crippen LogP contribution in [0.3, 0.4) is 0 Å². The number of halogens is 1. The fraction of sp³-hybridized carbons (Fsp3) is 0.444. The third kappa shape index (κ3) is 4.66. The Hall–Kier alpha value is -1.38. The first kappa shape index (κ1) is 19.4. The van der Waals surface area contributed by atoms with Gasteiger partial charge in [-0.2, -0.15) is 0 Å². The molecule has 1 aliphatic heterocycles. The maximum Gasteiger partial charge on any atom is 0.275 e. The molecule has 0 aliphatic carbocycles. The van der Waals surface area contributed by atoms with Crippen molar-refractivity contribution in [3.05, 3.63) is 52.7 Å². The quantitative estimate of drug-likeness (QED) is 0.749. The minimum atomic E-state index is -3.51. The number of rotatable bonds is 6. The Morgan fingerprint density at radius 3 is 2.12 bits per heavy atom. The van der Waals surface area contributed by atoms with Crippen LogP contribution in [0, 0.1) is 0 Å². The third-order valence-electron chi connectivity index (χ3n) is 4.54. The SMILES string of the molecule is CN(C)S(=O)(=O)c1ccc(CN2CCN(Cc3ccc(Cl)cc3)CC2)o1. The average Bonchev–Trinajstić information content (AvgIpc) is 3.08. The van der Waals surface area contributed by atoms with Gasteiger partial charge in [0.1, 0.15) is 5.76 Å². The fourth-order valence-electron chi connectivity index (χ4n) is 2.94. The van der Waals surface area contributed by atoms with Crippen LogP contribution in [-0.2, 0) is 23.1 Å². The Morgan fingerprint density at radius 2 is 1.54 bits per heavy atom. The lowest BCUT2D eigenvalue weighted by Gasteiger charge is -2.34. The first-order valence-corrected chi connectivity index (χ1v) is 10.4. The summed E-state index contributed by atoms with van der Waals surface area (Å²) in [5, 5.41) is 0.756. The molecule has 0 spiro atoms. The summed E-state index contributed by atoms with van der Waals surface area (Å²) in [7, 11) is -0.518. The summed E-state index contributed by atoms with van der Waals surface area (Å²) in [6.45, 7) is 5.31. The molecule has 1 fully saturated rings. The molecular weight excluding hydrogens is 374 g/mol. The van der Waals surface area contributed by atoms with Gasteiger partial charge in [-0.15, -0.1) is 0 Å². The van der Waals surface area contributed by atoms with E-state index in [1.54, 1.807) is 6.07 Å². The van der Waals surface area contributed by atoms with Crippen LogP contribution in [0.1, 0.15) is 11.3 Å². The van der Waals surface area contributed by atoms with Crippen molar-refractivity contribution in [1.29, 1.82) is 0 Å². The van der Waals surface area contributed by atoms with Crippen LogP contribution in [0.25, 0.3) is 0 Å². The Labute approximate surface area is 160 Å². The van der Waals surface area contributed by atoms with Crippen LogP contribution < -0.4 is 0 Å². The summed E-state index contributed by atoms with van der Waals surface area (Å²) in [5.74, 6) is 0.677. The Morgan fingerprint density at radius 1 is 0.962 bits per heavy atom. The van der Waals surface area contributed by atoms with E-state index in [2.05, 4.69) is 21.9 Å². The first-order chi connectivity index (χ1) is 12.3. The van der Waals surface area contributed by atoms with Crippen LogP contribution in [-0.4, -0.2) is 62.8 Å². The molecule has 0 amide bonds. The van der Waals surface area contributed by atoms with Crippen molar-refractivity contribution in [3.63, 3.8) is 0 Å². The van der Waals surface area contributed by atoms with Crippen molar-refractivity contribution < 1.29 is 12.8 Å². The lowest BCUT2D eigenvalue weighted by molar-refractivity contribution is 0.114. The predicted octanol–water partition coefficient (Wildman–Crippen LogP) is 2.50. The molecule has 26 heavy (non-hydrogen) atoms. The Balaban J connectivity index is 1.51. The molecule has 0 atom stereocenters. The van der Waals surface area contributed by atoms with E-state index in [9.17, 15) is 8.42 Å².